The highest BCUT2D eigenvalue weighted by atomic mass is 16.3. The van der Waals surface area contributed by atoms with Gasteiger partial charge in [-0.25, -0.2) is 0 Å². The van der Waals surface area contributed by atoms with Crippen molar-refractivity contribution in [2.75, 3.05) is 0 Å². The van der Waals surface area contributed by atoms with Gasteiger partial charge in [-0.05, 0) is 43.8 Å². The van der Waals surface area contributed by atoms with E-state index in [1.54, 1.807) is 6.08 Å². The Morgan fingerprint density at radius 1 is 0.850 bits per heavy atom. The van der Waals surface area contributed by atoms with Crippen molar-refractivity contribution in [1.82, 2.24) is 0 Å². The fraction of sp³-hybridized carbons (Fsp3) is 0.333. The maximum atomic E-state index is 9.55. The Hall–Kier alpha value is -1.80. The monoisotopic (exact) mass is 270 g/mol. The molecule has 0 fully saturated rings. The molecule has 0 radical (unpaired) electrons. The van der Waals surface area contributed by atoms with Crippen LogP contribution >= 0.6 is 0 Å². The number of hydrogen-bond acceptors (Lipinski definition) is 2. The van der Waals surface area contributed by atoms with Crippen molar-refractivity contribution in [1.29, 1.82) is 0 Å². The first kappa shape index (κ1) is 14.6. The lowest BCUT2D eigenvalue weighted by Gasteiger charge is -2.10. The molecule has 0 spiro atoms. The molecule has 0 aromatic heterocycles. The first-order valence-corrected chi connectivity index (χ1v) is 7.24. The molecule has 2 N–H and O–H groups in total. The third-order valence-electron chi connectivity index (χ3n) is 3.52. The quantitative estimate of drug-likeness (QED) is 0.645. The Bertz CT molecular complexity index is 492. The highest BCUT2D eigenvalue weighted by Crippen LogP contribution is 2.26. The molecule has 0 saturated carbocycles. The summed E-state index contributed by atoms with van der Waals surface area (Å²) in [4.78, 5) is 0. The topological polar surface area (TPSA) is 40.5 Å². The van der Waals surface area contributed by atoms with Crippen molar-refractivity contribution >= 4 is 0 Å². The van der Waals surface area contributed by atoms with Crippen molar-refractivity contribution < 1.29 is 10.2 Å². The van der Waals surface area contributed by atoms with Crippen molar-refractivity contribution in [2.45, 2.75) is 38.2 Å². The lowest BCUT2D eigenvalue weighted by Crippen LogP contribution is -2.02. The molecular weight excluding hydrogens is 248 g/mol. The van der Waals surface area contributed by atoms with Gasteiger partial charge in [0, 0.05) is 5.57 Å². The summed E-state index contributed by atoms with van der Waals surface area (Å²) >= 11 is 0. The average Bonchev–Trinajstić information content (AvgIpc) is 2.81. The third kappa shape index (κ3) is 4.39. The molecule has 0 saturated heterocycles. The van der Waals surface area contributed by atoms with Gasteiger partial charge in [-0.1, -0.05) is 48.6 Å². The van der Waals surface area contributed by atoms with Crippen LogP contribution in [0.4, 0.5) is 0 Å². The van der Waals surface area contributed by atoms with Crippen LogP contribution in [0.25, 0.3) is 0 Å². The lowest BCUT2D eigenvalue weighted by atomic mass is 9.97. The molecule has 0 unspecified atom stereocenters. The summed E-state index contributed by atoms with van der Waals surface area (Å²) in [5, 5.41) is 18.6. The van der Waals surface area contributed by atoms with E-state index in [2.05, 4.69) is 18.2 Å². The zero-order valence-electron chi connectivity index (χ0n) is 11.7. The van der Waals surface area contributed by atoms with Crippen LogP contribution in [0.15, 0.2) is 71.6 Å². The van der Waals surface area contributed by atoms with Crippen LogP contribution in [-0.4, -0.2) is 16.3 Å². The number of rotatable bonds is 0. The summed E-state index contributed by atoms with van der Waals surface area (Å²) in [5.74, 6) is 0.361. The van der Waals surface area contributed by atoms with Crippen LogP contribution in [0, 0.1) is 0 Å². The Labute approximate surface area is 120 Å². The predicted molar refractivity (Wildman–Crippen MR) is 83.4 cm³/mol. The summed E-state index contributed by atoms with van der Waals surface area (Å²) in [6.45, 7) is 0. The summed E-state index contributed by atoms with van der Waals surface area (Å²) in [7, 11) is 0. The maximum Gasteiger partial charge on any atom is 0.123 e. The van der Waals surface area contributed by atoms with E-state index in [4.69, 9.17) is 5.11 Å². The number of aliphatic hydroxyl groups excluding tert-OH is 2. The molecule has 0 atom stereocenters. The van der Waals surface area contributed by atoms with Gasteiger partial charge in [0.2, 0.25) is 0 Å². The van der Waals surface area contributed by atoms with Gasteiger partial charge in [0.25, 0.3) is 0 Å². The van der Waals surface area contributed by atoms with Crippen molar-refractivity contribution in [3.8, 4) is 0 Å². The van der Waals surface area contributed by atoms with Crippen LogP contribution in [-0.2, 0) is 0 Å². The molecule has 0 amide bonds. The SMILES string of the molecule is OC1=CC=CC=C2CC=CC=C12.OC1CCC=CCC1. The van der Waals surface area contributed by atoms with E-state index >= 15 is 0 Å². The molecule has 20 heavy (non-hydrogen) atoms. The molecule has 0 bridgehead atoms. The van der Waals surface area contributed by atoms with Gasteiger partial charge >= 0.3 is 0 Å². The van der Waals surface area contributed by atoms with E-state index in [9.17, 15) is 5.11 Å². The first-order chi connectivity index (χ1) is 9.77. The maximum absolute atomic E-state index is 9.55. The minimum atomic E-state index is -0.0370. The van der Waals surface area contributed by atoms with E-state index in [0.717, 1.165) is 37.7 Å². The fourth-order valence-corrected chi connectivity index (χ4v) is 2.35. The highest BCUT2D eigenvalue weighted by molar-refractivity contribution is 5.52. The van der Waals surface area contributed by atoms with Crippen LogP contribution in [0.1, 0.15) is 32.1 Å². The van der Waals surface area contributed by atoms with E-state index in [0.29, 0.717) is 5.76 Å². The molecule has 2 nitrogen and oxygen atoms in total. The molecular formula is C18H22O2. The second-order valence-corrected chi connectivity index (χ2v) is 5.12. The molecule has 2 heteroatoms. The third-order valence-corrected chi connectivity index (χ3v) is 3.52. The summed E-state index contributed by atoms with van der Waals surface area (Å²) in [5.41, 5.74) is 2.13. The normalized spacial score (nSPS) is 21.6. The Morgan fingerprint density at radius 2 is 1.55 bits per heavy atom. The smallest absolute Gasteiger partial charge is 0.123 e. The Balaban J connectivity index is 0.000000160. The first-order valence-electron chi connectivity index (χ1n) is 7.24. The number of allylic oxidation sites excluding steroid dienone is 10. The fourth-order valence-electron chi connectivity index (χ4n) is 2.35. The van der Waals surface area contributed by atoms with Gasteiger partial charge in [0.1, 0.15) is 5.76 Å². The molecule has 0 aromatic carbocycles. The van der Waals surface area contributed by atoms with Gasteiger partial charge in [0.15, 0.2) is 0 Å². The second-order valence-electron chi connectivity index (χ2n) is 5.12. The lowest BCUT2D eigenvalue weighted by molar-refractivity contribution is 0.159. The number of fused-ring (bicyclic) bond motifs is 1. The van der Waals surface area contributed by atoms with Crippen LogP contribution in [0.2, 0.25) is 0 Å². The van der Waals surface area contributed by atoms with Crippen molar-refractivity contribution in [3.63, 3.8) is 0 Å². The Morgan fingerprint density at radius 3 is 2.30 bits per heavy atom. The van der Waals surface area contributed by atoms with Gasteiger partial charge in [0.05, 0.1) is 6.10 Å². The van der Waals surface area contributed by atoms with Gasteiger partial charge < -0.3 is 10.2 Å². The van der Waals surface area contributed by atoms with Crippen LogP contribution in [0.3, 0.4) is 0 Å². The summed E-state index contributed by atoms with van der Waals surface area (Å²) in [6, 6.07) is 0. The standard InChI is InChI=1S/C11H10O.C7H12O/c12-11-8-4-2-6-9-5-1-3-7-10(9)11;8-7-5-3-1-2-4-6-7/h1-4,6-8,12H,5H2;1-2,7-8H,3-6H2. The van der Waals surface area contributed by atoms with E-state index in [1.807, 2.05) is 30.4 Å². The Kier molecular flexibility index (Phi) is 5.63. The zero-order valence-corrected chi connectivity index (χ0v) is 11.7. The summed E-state index contributed by atoms with van der Waals surface area (Å²) < 4.78 is 0. The largest absolute Gasteiger partial charge is 0.507 e. The number of aliphatic hydroxyl groups is 2. The molecule has 3 aliphatic carbocycles. The minimum absolute atomic E-state index is 0.0370. The molecule has 3 aliphatic rings. The van der Waals surface area contributed by atoms with Crippen molar-refractivity contribution in [3.05, 3.63) is 71.6 Å². The van der Waals surface area contributed by atoms with Crippen LogP contribution in [0.5, 0.6) is 0 Å². The zero-order chi connectivity index (χ0) is 14.2. The van der Waals surface area contributed by atoms with E-state index in [1.165, 1.54) is 5.57 Å². The average molecular weight is 270 g/mol. The van der Waals surface area contributed by atoms with E-state index < -0.39 is 0 Å². The minimum Gasteiger partial charge on any atom is -0.507 e. The van der Waals surface area contributed by atoms with Gasteiger partial charge in [-0.15, -0.1) is 0 Å². The second kappa shape index (κ2) is 7.71. The van der Waals surface area contributed by atoms with Crippen LogP contribution < -0.4 is 0 Å². The molecule has 0 aliphatic heterocycles. The molecule has 0 heterocycles. The predicted octanol–water partition coefficient (Wildman–Crippen LogP) is 4.29. The van der Waals surface area contributed by atoms with Gasteiger partial charge in [-0.2, -0.15) is 0 Å². The van der Waals surface area contributed by atoms with E-state index in [-0.39, 0.29) is 6.10 Å². The molecule has 3 rings (SSSR count). The molecule has 106 valence electrons. The van der Waals surface area contributed by atoms with Gasteiger partial charge in [-0.3, -0.25) is 0 Å². The summed E-state index contributed by atoms with van der Waals surface area (Å²) in [6.07, 6.45) is 22.7. The highest BCUT2D eigenvalue weighted by Gasteiger charge is 2.10. The van der Waals surface area contributed by atoms with Crippen molar-refractivity contribution in [2.24, 2.45) is 0 Å². The molecule has 0 aromatic rings. The number of hydrogen-bond donors (Lipinski definition) is 2.